The van der Waals surface area contributed by atoms with Crippen molar-refractivity contribution in [3.63, 3.8) is 0 Å². The number of pyridine rings is 1. The molecule has 1 atom stereocenters. The highest BCUT2D eigenvalue weighted by Gasteiger charge is 2.35. The molecule has 3 rings (SSSR count). The molecule has 1 aromatic rings. The number of amides is 1. The number of carbonyl (C=O) groups is 1. The number of hydrogen-bond acceptors (Lipinski definition) is 3. The van der Waals surface area contributed by atoms with Gasteiger partial charge in [0.2, 0.25) is 5.91 Å². The van der Waals surface area contributed by atoms with E-state index in [1.807, 2.05) is 6.07 Å². The van der Waals surface area contributed by atoms with Crippen LogP contribution in [0.1, 0.15) is 12.8 Å². The van der Waals surface area contributed by atoms with Gasteiger partial charge < -0.3 is 10.2 Å². The van der Waals surface area contributed by atoms with Crippen LogP contribution in [0.3, 0.4) is 0 Å². The molecule has 0 aromatic carbocycles. The minimum atomic E-state index is 0.0462. The maximum atomic E-state index is 11.7. The lowest BCUT2D eigenvalue weighted by Crippen LogP contribution is -2.43. The van der Waals surface area contributed by atoms with E-state index in [4.69, 9.17) is 0 Å². The van der Waals surface area contributed by atoms with Gasteiger partial charge in [-0.3, -0.25) is 9.78 Å². The van der Waals surface area contributed by atoms with Crippen molar-refractivity contribution < 1.29 is 4.79 Å². The van der Waals surface area contributed by atoms with Gasteiger partial charge in [0.25, 0.3) is 0 Å². The van der Waals surface area contributed by atoms with E-state index in [9.17, 15) is 4.79 Å². The van der Waals surface area contributed by atoms with E-state index in [-0.39, 0.29) is 11.9 Å². The van der Waals surface area contributed by atoms with E-state index in [2.05, 4.69) is 15.2 Å². The van der Waals surface area contributed by atoms with Gasteiger partial charge in [-0.15, -0.1) is 0 Å². The van der Waals surface area contributed by atoms with Gasteiger partial charge in [-0.05, 0) is 18.9 Å². The summed E-state index contributed by atoms with van der Waals surface area (Å²) in [5.41, 5.74) is 1.96. The Kier molecular flexibility index (Phi) is 1.50. The highest BCUT2D eigenvalue weighted by Crippen LogP contribution is 2.35. The van der Waals surface area contributed by atoms with Crippen molar-refractivity contribution in [2.45, 2.75) is 18.9 Å². The molecule has 1 N–H and O–H groups in total. The SMILES string of the molecule is O=C1Nc2cnccc2N2CCC[C@@H]12. The summed E-state index contributed by atoms with van der Waals surface area (Å²) in [5.74, 6) is 0.114. The fraction of sp³-hybridized carbons (Fsp3) is 0.400. The van der Waals surface area contributed by atoms with Crippen molar-refractivity contribution in [1.29, 1.82) is 0 Å². The number of nitrogens with zero attached hydrogens (tertiary/aromatic N) is 2. The van der Waals surface area contributed by atoms with Crippen LogP contribution in [0.25, 0.3) is 0 Å². The summed E-state index contributed by atoms with van der Waals surface area (Å²) in [6, 6.07) is 2.01. The van der Waals surface area contributed by atoms with E-state index in [1.54, 1.807) is 12.4 Å². The highest BCUT2D eigenvalue weighted by atomic mass is 16.2. The first kappa shape index (κ1) is 7.79. The van der Waals surface area contributed by atoms with Crippen LogP contribution in [0.15, 0.2) is 18.5 Å². The van der Waals surface area contributed by atoms with E-state index in [0.29, 0.717) is 0 Å². The first-order valence-corrected chi connectivity index (χ1v) is 4.88. The Hall–Kier alpha value is -1.58. The molecular weight excluding hydrogens is 178 g/mol. The number of rotatable bonds is 0. The molecule has 0 unspecified atom stereocenters. The zero-order valence-corrected chi connectivity index (χ0v) is 7.73. The Labute approximate surface area is 81.9 Å². The minimum Gasteiger partial charge on any atom is -0.358 e. The first-order chi connectivity index (χ1) is 6.86. The third-order valence-corrected chi connectivity index (χ3v) is 2.92. The lowest BCUT2D eigenvalue weighted by Gasteiger charge is -2.32. The van der Waals surface area contributed by atoms with E-state index >= 15 is 0 Å². The van der Waals surface area contributed by atoms with Crippen LogP contribution in [0.2, 0.25) is 0 Å². The summed E-state index contributed by atoms with van der Waals surface area (Å²) in [4.78, 5) is 17.8. The number of fused-ring (bicyclic) bond motifs is 3. The van der Waals surface area contributed by atoms with Gasteiger partial charge in [0.05, 0.1) is 17.6 Å². The smallest absolute Gasteiger partial charge is 0.247 e. The normalized spacial score (nSPS) is 24.1. The maximum absolute atomic E-state index is 11.7. The summed E-state index contributed by atoms with van der Waals surface area (Å²) < 4.78 is 0. The second-order valence-corrected chi connectivity index (χ2v) is 3.73. The molecule has 72 valence electrons. The Balaban J connectivity index is 2.11. The molecule has 4 heteroatoms. The fourth-order valence-electron chi connectivity index (χ4n) is 2.28. The topological polar surface area (TPSA) is 45.2 Å². The quantitative estimate of drug-likeness (QED) is 0.662. The zero-order valence-electron chi connectivity index (χ0n) is 7.73. The van der Waals surface area contributed by atoms with Crippen molar-refractivity contribution in [3.8, 4) is 0 Å². The predicted octanol–water partition coefficient (Wildman–Crippen LogP) is 1.00. The average molecular weight is 189 g/mol. The molecule has 1 fully saturated rings. The lowest BCUT2D eigenvalue weighted by molar-refractivity contribution is -0.117. The van der Waals surface area contributed by atoms with Crippen LogP contribution in [0.4, 0.5) is 11.4 Å². The molecular formula is C10H11N3O. The monoisotopic (exact) mass is 189 g/mol. The summed E-state index contributed by atoms with van der Waals surface area (Å²) >= 11 is 0. The van der Waals surface area contributed by atoms with Gasteiger partial charge in [-0.25, -0.2) is 0 Å². The molecule has 0 bridgehead atoms. The number of hydrogen-bond donors (Lipinski definition) is 1. The zero-order chi connectivity index (χ0) is 9.54. The van der Waals surface area contributed by atoms with Crippen LogP contribution in [0.5, 0.6) is 0 Å². The van der Waals surface area contributed by atoms with E-state index in [1.165, 1.54) is 0 Å². The predicted molar refractivity (Wildman–Crippen MR) is 53.2 cm³/mol. The van der Waals surface area contributed by atoms with Gasteiger partial charge in [0.15, 0.2) is 0 Å². The molecule has 1 amide bonds. The second kappa shape index (κ2) is 2.70. The molecule has 2 aliphatic rings. The molecule has 0 spiro atoms. The third-order valence-electron chi connectivity index (χ3n) is 2.92. The minimum absolute atomic E-state index is 0.0462. The van der Waals surface area contributed by atoms with Gasteiger partial charge in [-0.1, -0.05) is 0 Å². The molecule has 3 heterocycles. The number of aromatic nitrogens is 1. The van der Waals surface area contributed by atoms with Crippen molar-refractivity contribution >= 4 is 17.3 Å². The van der Waals surface area contributed by atoms with Gasteiger partial charge in [-0.2, -0.15) is 0 Å². The summed E-state index contributed by atoms with van der Waals surface area (Å²) in [5, 5.41) is 2.89. The van der Waals surface area contributed by atoms with Crippen LogP contribution >= 0.6 is 0 Å². The number of nitrogens with one attached hydrogen (secondary N) is 1. The van der Waals surface area contributed by atoms with Crippen LogP contribution in [0, 0.1) is 0 Å². The molecule has 0 aliphatic carbocycles. The molecule has 1 saturated heterocycles. The molecule has 14 heavy (non-hydrogen) atoms. The molecule has 4 nitrogen and oxygen atoms in total. The van der Waals surface area contributed by atoms with Crippen molar-refractivity contribution in [3.05, 3.63) is 18.5 Å². The Morgan fingerprint density at radius 2 is 2.50 bits per heavy atom. The highest BCUT2D eigenvalue weighted by molar-refractivity contribution is 6.03. The summed E-state index contributed by atoms with van der Waals surface area (Å²) in [6.07, 6.45) is 5.54. The van der Waals surface area contributed by atoms with Crippen molar-refractivity contribution in [1.82, 2.24) is 4.98 Å². The van der Waals surface area contributed by atoms with Gasteiger partial charge >= 0.3 is 0 Å². The average Bonchev–Trinajstić information content (AvgIpc) is 2.67. The summed E-state index contributed by atoms with van der Waals surface area (Å²) in [7, 11) is 0. The first-order valence-electron chi connectivity index (χ1n) is 4.88. The van der Waals surface area contributed by atoms with E-state index < -0.39 is 0 Å². The summed E-state index contributed by atoms with van der Waals surface area (Å²) in [6.45, 7) is 0.981. The van der Waals surface area contributed by atoms with Gasteiger partial charge in [0.1, 0.15) is 6.04 Å². The molecule has 1 aromatic heterocycles. The Morgan fingerprint density at radius 3 is 3.43 bits per heavy atom. The Bertz CT molecular complexity index is 391. The van der Waals surface area contributed by atoms with Crippen LogP contribution < -0.4 is 10.2 Å². The van der Waals surface area contributed by atoms with E-state index in [0.717, 1.165) is 30.8 Å². The number of carbonyl (C=O) groups excluding carboxylic acids is 1. The van der Waals surface area contributed by atoms with Crippen LogP contribution in [-0.4, -0.2) is 23.5 Å². The largest absolute Gasteiger partial charge is 0.358 e. The van der Waals surface area contributed by atoms with Gasteiger partial charge in [0, 0.05) is 12.7 Å². The second-order valence-electron chi connectivity index (χ2n) is 3.73. The number of anilines is 2. The van der Waals surface area contributed by atoms with Crippen LogP contribution in [-0.2, 0) is 4.79 Å². The molecule has 0 radical (unpaired) electrons. The Morgan fingerprint density at radius 1 is 1.57 bits per heavy atom. The lowest BCUT2D eigenvalue weighted by atomic mass is 10.1. The molecule has 0 saturated carbocycles. The molecule has 2 aliphatic heterocycles. The van der Waals surface area contributed by atoms with Crippen molar-refractivity contribution in [2.24, 2.45) is 0 Å². The third kappa shape index (κ3) is 0.937. The van der Waals surface area contributed by atoms with Crippen molar-refractivity contribution in [2.75, 3.05) is 16.8 Å². The standard InChI is InChI=1S/C10H11N3O/c14-10-9-2-1-5-13(9)8-3-4-11-6-7(8)12-10/h3-4,6,9H,1-2,5H2,(H,12,14)/t9-/m0/s1. The maximum Gasteiger partial charge on any atom is 0.247 e. The fourth-order valence-corrected chi connectivity index (χ4v) is 2.28.